The highest BCUT2D eigenvalue weighted by atomic mass is 79.9. The molecule has 0 bridgehead atoms. The lowest BCUT2D eigenvalue weighted by Crippen LogP contribution is -2.27. The molecule has 2 atom stereocenters. The van der Waals surface area contributed by atoms with E-state index in [1.54, 1.807) is 6.92 Å². The Bertz CT molecular complexity index is 462. The Hall–Kier alpha value is -1.07. The number of rotatable bonds is 3. The molecule has 1 heterocycles. The molecule has 0 radical (unpaired) electrons. The molecule has 1 amide bonds. The molecule has 5 heteroatoms. The number of halogens is 1. The predicted molar refractivity (Wildman–Crippen MR) is 74.3 cm³/mol. The summed E-state index contributed by atoms with van der Waals surface area (Å²) in [6, 6.07) is 5.85. The van der Waals surface area contributed by atoms with Crippen molar-refractivity contribution in [2.45, 2.75) is 19.4 Å². The van der Waals surface area contributed by atoms with Gasteiger partial charge in [0.15, 0.2) is 0 Å². The summed E-state index contributed by atoms with van der Waals surface area (Å²) in [6.07, 6.45) is 0.316. The molecular formula is C13H17BrN2O2. The molecule has 1 aromatic rings. The second kappa shape index (κ2) is 5.28. The summed E-state index contributed by atoms with van der Waals surface area (Å²) < 4.78 is 0.887. The van der Waals surface area contributed by atoms with E-state index in [2.05, 4.69) is 20.8 Å². The molecule has 98 valence electrons. The van der Waals surface area contributed by atoms with Gasteiger partial charge in [-0.3, -0.25) is 4.79 Å². The van der Waals surface area contributed by atoms with Crippen molar-refractivity contribution in [2.75, 3.05) is 18.0 Å². The van der Waals surface area contributed by atoms with Crippen LogP contribution in [0.25, 0.3) is 0 Å². The zero-order chi connectivity index (χ0) is 13.3. The molecule has 2 rings (SSSR count). The average molecular weight is 313 g/mol. The van der Waals surface area contributed by atoms with Crippen molar-refractivity contribution in [3.63, 3.8) is 0 Å². The smallest absolute Gasteiger partial charge is 0.222 e. The maximum Gasteiger partial charge on any atom is 0.222 e. The van der Waals surface area contributed by atoms with E-state index in [9.17, 15) is 9.90 Å². The van der Waals surface area contributed by atoms with Gasteiger partial charge in [0.2, 0.25) is 5.91 Å². The lowest BCUT2D eigenvalue weighted by molar-refractivity contribution is -0.121. The minimum Gasteiger partial charge on any atom is -0.389 e. The summed E-state index contributed by atoms with van der Waals surface area (Å²) in [4.78, 5) is 13.3. The molecule has 1 aromatic carbocycles. The van der Waals surface area contributed by atoms with Crippen molar-refractivity contribution in [1.82, 2.24) is 0 Å². The molecule has 1 aliphatic rings. The van der Waals surface area contributed by atoms with E-state index in [0.717, 1.165) is 28.7 Å². The van der Waals surface area contributed by atoms with Gasteiger partial charge >= 0.3 is 0 Å². The minimum atomic E-state index is -0.495. The number of amides is 1. The minimum absolute atomic E-state index is 0.0554. The summed E-state index contributed by atoms with van der Waals surface area (Å²) in [6.45, 7) is 3.25. The van der Waals surface area contributed by atoms with Crippen molar-refractivity contribution in [3.05, 3.63) is 28.2 Å². The third-order valence-electron chi connectivity index (χ3n) is 3.39. The molecule has 1 aliphatic heterocycles. The summed E-state index contributed by atoms with van der Waals surface area (Å²) >= 11 is 3.46. The Morgan fingerprint density at radius 3 is 2.83 bits per heavy atom. The van der Waals surface area contributed by atoms with Gasteiger partial charge in [0.05, 0.1) is 12.0 Å². The highest BCUT2D eigenvalue weighted by molar-refractivity contribution is 9.10. The van der Waals surface area contributed by atoms with Crippen LogP contribution in [0.4, 0.5) is 5.69 Å². The van der Waals surface area contributed by atoms with Gasteiger partial charge in [-0.05, 0) is 31.0 Å². The van der Waals surface area contributed by atoms with Gasteiger partial charge in [0, 0.05) is 23.2 Å². The van der Waals surface area contributed by atoms with Crippen molar-refractivity contribution >= 4 is 27.5 Å². The van der Waals surface area contributed by atoms with Crippen LogP contribution in [-0.2, 0) is 4.79 Å². The summed E-state index contributed by atoms with van der Waals surface area (Å²) in [5.74, 6) is -0.280. The number of carbonyl (C=O) groups excluding carboxylic acids is 1. The topological polar surface area (TPSA) is 66.6 Å². The van der Waals surface area contributed by atoms with Crippen LogP contribution in [0.2, 0.25) is 0 Å². The summed E-state index contributed by atoms with van der Waals surface area (Å²) in [7, 11) is 0. The largest absolute Gasteiger partial charge is 0.389 e. The third-order valence-corrected chi connectivity index (χ3v) is 4.08. The Morgan fingerprint density at radius 2 is 2.33 bits per heavy atom. The fourth-order valence-corrected chi connectivity index (χ4v) is 2.98. The van der Waals surface area contributed by atoms with Crippen molar-refractivity contribution in [1.29, 1.82) is 0 Å². The van der Waals surface area contributed by atoms with Crippen LogP contribution in [0.1, 0.15) is 25.0 Å². The van der Waals surface area contributed by atoms with E-state index in [1.807, 2.05) is 18.2 Å². The van der Waals surface area contributed by atoms with E-state index in [1.165, 1.54) is 0 Å². The van der Waals surface area contributed by atoms with Crippen LogP contribution in [0, 0.1) is 5.92 Å². The normalized spacial score (nSPS) is 21.1. The number of aliphatic hydroxyl groups is 1. The number of anilines is 1. The molecule has 1 saturated heterocycles. The van der Waals surface area contributed by atoms with E-state index in [4.69, 9.17) is 5.73 Å². The van der Waals surface area contributed by atoms with Crippen molar-refractivity contribution in [3.8, 4) is 0 Å². The molecule has 2 unspecified atom stereocenters. The molecule has 4 nitrogen and oxygen atoms in total. The van der Waals surface area contributed by atoms with Crippen LogP contribution < -0.4 is 10.6 Å². The van der Waals surface area contributed by atoms with Crippen LogP contribution in [0.5, 0.6) is 0 Å². The number of aliphatic hydroxyl groups excluding tert-OH is 1. The fourth-order valence-electron chi connectivity index (χ4n) is 2.28. The SMILES string of the molecule is CC(O)c1ccc(N2CCC(C(N)=O)C2)cc1Br. The predicted octanol–water partition coefficient (Wildman–Crippen LogP) is 1.81. The highest BCUT2D eigenvalue weighted by Crippen LogP contribution is 2.30. The number of primary amides is 1. The molecular weight excluding hydrogens is 296 g/mol. The maximum atomic E-state index is 11.1. The zero-order valence-corrected chi connectivity index (χ0v) is 11.9. The first-order valence-electron chi connectivity index (χ1n) is 6.01. The Balaban J connectivity index is 2.16. The number of nitrogens with two attached hydrogens (primary N) is 1. The quantitative estimate of drug-likeness (QED) is 0.894. The number of hydrogen-bond acceptors (Lipinski definition) is 3. The van der Waals surface area contributed by atoms with Crippen molar-refractivity contribution < 1.29 is 9.90 Å². The molecule has 18 heavy (non-hydrogen) atoms. The van der Waals surface area contributed by atoms with Gasteiger partial charge in [0.25, 0.3) is 0 Å². The zero-order valence-electron chi connectivity index (χ0n) is 10.3. The average Bonchev–Trinajstić information content (AvgIpc) is 2.77. The number of benzene rings is 1. The van der Waals surface area contributed by atoms with Crippen LogP contribution in [0.15, 0.2) is 22.7 Å². The van der Waals surface area contributed by atoms with Crippen LogP contribution in [0.3, 0.4) is 0 Å². The summed E-state index contributed by atoms with van der Waals surface area (Å²) in [5, 5.41) is 9.57. The molecule has 3 N–H and O–H groups in total. The number of hydrogen-bond donors (Lipinski definition) is 2. The van der Waals surface area contributed by atoms with Gasteiger partial charge in [0.1, 0.15) is 0 Å². The molecule has 0 aromatic heterocycles. The second-order valence-electron chi connectivity index (χ2n) is 4.72. The Morgan fingerprint density at radius 1 is 1.61 bits per heavy atom. The third kappa shape index (κ3) is 2.67. The standard InChI is InChI=1S/C13H17BrN2O2/c1-8(17)11-3-2-10(6-12(11)14)16-5-4-9(7-16)13(15)18/h2-3,6,8-9,17H,4-5,7H2,1H3,(H2,15,18). The number of nitrogens with zero attached hydrogens (tertiary/aromatic N) is 1. The molecule has 0 aliphatic carbocycles. The van der Waals surface area contributed by atoms with E-state index < -0.39 is 6.10 Å². The lowest BCUT2D eigenvalue weighted by atomic mass is 10.1. The monoisotopic (exact) mass is 312 g/mol. The Kier molecular flexibility index (Phi) is 3.92. The van der Waals surface area contributed by atoms with Gasteiger partial charge in [-0.25, -0.2) is 0 Å². The van der Waals surface area contributed by atoms with E-state index in [-0.39, 0.29) is 11.8 Å². The first-order chi connectivity index (χ1) is 8.49. The molecule has 0 saturated carbocycles. The second-order valence-corrected chi connectivity index (χ2v) is 5.57. The highest BCUT2D eigenvalue weighted by Gasteiger charge is 2.26. The fraction of sp³-hybridized carbons (Fsp3) is 0.462. The van der Waals surface area contributed by atoms with Crippen LogP contribution >= 0.6 is 15.9 Å². The van der Waals surface area contributed by atoms with Gasteiger partial charge in [-0.15, -0.1) is 0 Å². The number of carbonyl (C=O) groups is 1. The van der Waals surface area contributed by atoms with Crippen LogP contribution in [-0.4, -0.2) is 24.1 Å². The lowest BCUT2D eigenvalue weighted by Gasteiger charge is -2.20. The molecule has 0 spiro atoms. The molecule has 1 fully saturated rings. The van der Waals surface area contributed by atoms with E-state index in [0.29, 0.717) is 6.54 Å². The van der Waals surface area contributed by atoms with Gasteiger partial charge in [-0.2, -0.15) is 0 Å². The first-order valence-corrected chi connectivity index (χ1v) is 6.80. The van der Waals surface area contributed by atoms with E-state index >= 15 is 0 Å². The first kappa shape index (κ1) is 13.4. The van der Waals surface area contributed by atoms with Crippen molar-refractivity contribution in [2.24, 2.45) is 11.7 Å². The maximum absolute atomic E-state index is 11.1. The van der Waals surface area contributed by atoms with Gasteiger partial charge in [-0.1, -0.05) is 22.0 Å². The Labute approximate surface area is 115 Å². The van der Waals surface area contributed by atoms with Gasteiger partial charge < -0.3 is 15.7 Å². The summed E-state index contributed by atoms with van der Waals surface area (Å²) in [5.41, 5.74) is 7.24.